The van der Waals surface area contributed by atoms with Crippen molar-refractivity contribution in [3.05, 3.63) is 77.2 Å². The van der Waals surface area contributed by atoms with Crippen LogP contribution < -0.4 is 5.32 Å². The fourth-order valence-electron chi connectivity index (χ4n) is 3.16. The first kappa shape index (κ1) is 16.3. The zero-order valence-corrected chi connectivity index (χ0v) is 14.6. The Hall–Kier alpha value is -2.14. The zero-order chi connectivity index (χ0) is 17.1. The summed E-state index contributed by atoms with van der Waals surface area (Å²) in [4.78, 5) is 4.50. The predicted molar refractivity (Wildman–Crippen MR) is 99.4 cm³/mol. The van der Waals surface area contributed by atoms with Crippen molar-refractivity contribution >= 4 is 11.6 Å². The van der Waals surface area contributed by atoms with E-state index in [4.69, 9.17) is 16.3 Å². The van der Waals surface area contributed by atoms with Crippen molar-refractivity contribution in [3.8, 4) is 11.3 Å². The number of fused-ring (bicyclic) bond motifs is 1. The van der Waals surface area contributed by atoms with Crippen LogP contribution in [-0.4, -0.2) is 22.2 Å². The van der Waals surface area contributed by atoms with Gasteiger partial charge in [-0.2, -0.15) is 0 Å². The average molecular weight is 354 g/mol. The van der Waals surface area contributed by atoms with Crippen molar-refractivity contribution in [1.82, 2.24) is 14.9 Å². The molecule has 1 atom stereocenters. The fraction of sp³-hybridized carbons (Fsp3) is 0.250. The van der Waals surface area contributed by atoms with Crippen LogP contribution in [0.2, 0.25) is 5.02 Å². The molecule has 0 aliphatic carbocycles. The lowest BCUT2D eigenvalue weighted by atomic mass is 10.1. The molecule has 0 radical (unpaired) electrons. The molecule has 0 bridgehead atoms. The zero-order valence-electron chi connectivity index (χ0n) is 13.9. The second-order valence-electron chi connectivity index (χ2n) is 6.23. The molecule has 4 rings (SSSR count). The van der Waals surface area contributed by atoms with E-state index in [1.165, 1.54) is 5.56 Å². The third-order valence-corrected chi connectivity index (χ3v) is 4.67. The number of nitrogens with zero attached hydrogens (tertiary/aromatic N) is 2. The van der Waals surface area contributed by atoms with E-state index in [2.05, 4.69) is 45.2 Å². The van der Waals surface area contributed by atoms with E-state index < -0.39 is 0 Å². The van der Waals surface area contributed by atoms with Crippen LogP contribution >= 0.6 is 11.6 Å². The largest absolute Gasteiger partial charge is 0.367 e. The van der Waals surface area contributed by atoms with E-state index in [0.29, 0.717) is 6.61 Å². The molecule has 0 saturated carbocycles. The summed E-state index contributed by atoms with van der Waals surface area (Å²) in [6.45, 7) is 2.98. The van der Waals surface area contributed by atoms with Crippen LogP contribution in [0.3, 0.4) is 0 Å². The highest BCUT2D eigenvalue weighted by Gasteiger charge is 2.22. The molecule has 1 aliphatic heterocycles. The SMILES string of the molecule is Clc1cccc(-c2cnc3n2C[C@H](CNCc2ccccc2)OC3)c1. The number of hydrogen-bond acceptors (Lipinski definition) is 3. The van der Waals surface area contributed by atoms with Gasteiger partial charge in [-0.05, 0) is 17.7 Å². The lowest BCUT2D eigenvalue weighted by Crippen LogP contribution is -2.36. The standard InChI is InChI=1S/C20H20ClN3O/c21-17-8-4-7-16(9-17)19-12-23-20-14-25-18(13-24(19)20)11-22-10-15-5-2-1-3-6-15/h1-9,12,18,22H,10-11,13-14H2/t18-/m0/s1. The van der Waals surface area contributed by atoms with Gasteiger partial charge in [0.2, 0.25) is 0 Å². The Morgan fingerprint density at radius 1 is 1.16 bits per heavy atom. The normalized spacial score (nSPS) is 16.6. The summed E-state index contributed by atoms with van der Waals surface area (Å²) in [6.07, 6.45) is 2.03. The highest BCUT2D eigenvalue weighted by molar-refractivity contribution is 6.30. The van der Waals surface area contributed by atoms with Gasteiger partial charge in [0.05, 0.1) is 24.5 Å². The van der Waals surface area contributed by atoms with Gasteiger partial charge in [-0.15, -0.1) is 0 Å². The molecule has 1 aliphatic rings. The number of ether oxygens (including phenoxy) is 1. The molecule has 128 valence electrons. The molecule has 1 aromatic heterocycles. The van der Waals surface area contributed by atoms with Crippen LogP contribution in [0.4, 0.5) is 0 Å². The minimum atomic E-state index is 0.128. The maximum absolute atomic E-state index is 6.14. The molecule has 4 nitrogen and oxygen atoms in total. The predicted octanol–water partition coefficient (Wildman–Crippen LogP) is 3.89. The number of rotatable bonds is 5. The summed E-state index contributed by atoms with van der Waals surface area (Å²) in [6, 6.07) is 18.3. The topological polar surface area (TPSA) is 39.1 Å². The number of benzene rings is 2. The lowest BCUT2D eigenvalue weighted by Gasteiger charge is -2.26. The smallest absolute Gasteiger partial charge is 0.135 e. The Bertz CT molecular complexity index is 847. The monoisotopic (exact) mass is 353 g/mol. The first-order chi connectivity index (χ1) is 12.3. The molecule has 0 spiro atoms. The highest BCUT2D eigenvalue weighted by Crippen LogP contribution is 2.26. The Morgan fingerprint density at radius 3 is 2.88 bits per heavy atom. The summed E-state index contributed by atoms with van der Waals surface area (Å²) in [5.74, 6) is 0.967. The van der Waals surface area contributed by atoms with Gasteiger partial charge >= 0.3 is 0 Å². The van der Waals surface area contributed by atoms with Crippen LogP contribution in [0.1, 0.15) is 11.4 Å². The van der Waals surface area contributed by atoms with Gasteiger partial charge in [0, 0.05) is 23.7 Å². The Labute approximate surface area is 152 Å². The van der Waals surface area contributed by atoms with Gasteiger partial charge in [0.1, 0.15) is 12.4 Å². The lowest BCUT2D eigenvalue weighted by molar-refractivity contribution is 0.00326. The second kappa shape index (κ2) is 7.40. The molecule has 2 heterocycles. The van der Waals surface area contributed by atoms with Crippen molar-refractivity contribution < 1.29 is 4.74 Å². The minimum absolute atomic E-state index is 0.128. The molecule has 3 aromatic rings. The van der Waals surface area contributed by atoms with E-state index in [1.54, 1.807) is 0 Å². The van der Waals surface area contributed by atoms with Gasteiger partial charge in [-0.1, -0.05) is 54.1 Å². The van der Waals surface area contributed by atoms with E-state index in [-0.39, 0.29) is 6.10 Å². The number of halogens is 1. The fourth-order valence-corrected chi connectivity index (χ4v) is 3.35. The molecular formula is C20H20ClN3O. The summed E-state index contributed by atoms with van der Waals surface area (Å²) < 4.78 is 8.18. The van der Waals surface area contributed by atoms with Gasteiger partial charge in [0.15, 0.2) is 0 Å². The summed E-state index contributed by atoms with van der Waals surface area (Å²) in [5, 5.41) is 4.22. The molecule has 0 unspecified atom stereocenters. The van der Waals surface area contributed by atoms with Crippen molar-refractivity contribution in [2.75, 3.05) is 6.54 Å². The van der Waals surface area contributed by atoms with Gasteiger partial charge in [-0.3, -0.25) is 0 Å². The minimum Gasteiger partial charge on any atom is -0.367 e. The number of imidazole rings is 1. The third-order valence-electron chi connectivity index (χ3n) is 4.44. The summed E-state index contributed by atoms with van der Waals surface area (Å²) in [7, 11) is 0. The maximum Gasteiger partial charge on any atom is 0.135 e. The quantitative estimate of drug-likeness (QED) is 0.756. The van der Waals surface area contributed by atoms with E-state index in [1.807, 2.05) is 30.5 Å². The highest BCUT2D eigenvalue weighted by atomic mass is 35.5. The Morgan fingerprint density at radius 2 is 2.04 bits per heavy atom. The van der Waals surface area contributed by atoms with Crippen LogP contribution in [-0.2, 0) is 24.4 Å². The molecule has 0 fully saturated rings. The molecular weight excluding hydrogens is 334 g/mol. The maximum atomic E-state index is 6.14. The molecule has 0 amide bonds. The molecule has 1 N–H and O–H groups in total. The first-order valence-corrected chi connectivity index (χ1v) is 8.84. The Balaban J connectivity index is 1.43. The molecule has 25 heavy (non-hydrogen) atoms. The molecule has 0 saturated heterocycles. The van der Waals surface area contributed by atoms with Gasteiger partial charge < -0.3 is 14.6 Å². The van der Waals surface area contributed by atoms with E-state index in [0.717, 1.165) is 41.7 Å². The van der Waals surface area contributed by atoms with Gasteiger partial charge in [-0.25, -0.2) is 4.98 Å². The van der Waals surface area contributed by atoms with Crippen LogP contribution in [0.25, 0.3) is 11.3 Å². The summed E-state index contributed by atoms with van der Waals surface area (Å²) in [5.41, 5.74) is 3.46. The van der Waals surface area contributed by atoms with Crippen molar-refractivity contribution in [1.29, 1.82) is 0 Å². The van der Waals surface area contributed by atoms with E-state index in [9.17, 15) is 0 Å². The van der Waals surface area contributed by atoms with Gasteiger partial charge in [0.25, 0.3) is 0 Å². The van der Waals surface area contributed by atoms with Crippen molar-refractivity contribution in [2.24, 2.45) is 0 Å². The first-order valence-electron chi connectivity index (χ1n) is 8.46. The average Bonchev–Trinajstić information content (AvgIpc) is 3.06. The Kier molecular flexibility index (Phi) is 4.83. The van der Waals surface area contributed by atoms with Crippen LogP contribution in [0, 0.1) is 0 Å². The second-order valence-corrected chi connectivity index (χ2v) is 6.67. The molecule has 5 heteroatoms. The number of nitrogens with one attached hydrogen (secondary N) is 1. The molecule has 2 aromatic carbocycles. The van der Waals surface area contributed by atoms with E-state index >= 15 is 0 Å². The number of aromatic nitrogens is 2. The summed E-state index contributed by atoms with van der Waals surface area (Å²) >= 11 is 6.14. The number of hydrogen-bond donors (Lipinski definition) is 1. The van der Waals surface area contributed by atoms with Crippen molar-refractivity contribution in [3.63, 3.8) is 0 Å². The van der Waals surface area contributed by atoms with Crippen LogP contribution in [0.5, 0.6) is 0 Å². The van der Waals surface area contributed by atoms with Crippen molar-refractivity contribution in [2.45, 2.75) is 25.8 Å². The van der Waals surface area contributed by atoms with Crippen LogP contribution in [0.15, 0.2) is 60.8 Å². The third kappa shape index (κ3) is 3.76.